The van der Waals surface area contributed by atoms with Gasteiger partial charge in [-0.15, -0.1) is 0 Å². The summed E-state index contributed by atoms with van der Waals surface area (Å²) in [6.45, 7) is 4.04. The van der Waals surface area contributed by atoms with Crippen LogP contribution in [0.5, 0.6) is 0 Å². The van der Waals surface area contributed by atoms with E-state index in [9.17, 15) is 4.79 Å². The molecule has 1 heterocycles. The van der Waals surface area contributed by atoms with Crippen LogP contribution in [-0.2, 0) is 13.0 Å². The summed E-state index contributed by atoms with van der Waals surface area (Å²) in [5.74, 6) is 1.22. The van der Waals surface area contributed by atoms with Gasteiger partial charge in [-0.05, 0) is 43.5 Å². The highest BCUT2D eigenvalue weighted by atomic mass is 16.1. The highest BCUT2D eigenvalue weighted by Crippen LogP contribution is 2.19. The zero-order valence-electron chi connectivity index (χ0n) is 18.3. The molecule has 4 heteroatoms. The topological polar surface area (TPSA) is 46.9 Å². The molecule has 160 valence electrons. The Hall–Kier alpha value is -2.62. The fourth-order valence-electron chi connectivity index (χ4n) is 3.92. The van der Waals surface area contributed by atoms with Crippen molar-refractivity contribution in [1.82, 2.24) is 14.9 Å². The van der Waals surface area contributed by atoms with Crippen LogP contribution in [0.4, 0.5) is 0 Å². The van der Waals surface area contributed by atoms with Crippen LogP contribution >= 0.6 is 0 Å². The first kappa shape index (κ1) is 22.1. The van der Waals surface area contributed by atoms with Crippen molar-refractivity contribution in [3.8, 4) is 0 Å². The molecule has 2 aromatic carbocycles. The summed E-state index contributed by atoms with van der Waals surface area (Å²) >= 11 is 0. The Kier molecular flexibility index (Phi) is 8.95. The third-order valence-electron chi connectivity index (χ3n) is 5.62. The van der Waals surface area contributed by atoms with Crippen LogP contribution < -0.4 is 5.32 Å². The van der Waals surface area contributed by atoms with Gasteiger partial charge in [0, 0.05) is 25.1 Å². The first-order valence-electron chi connectivity index (χ1n) is 11.6. The van der Waals surface area contributed by atoms with Crippen LogP contribution in [0.15, 0.2) is 54.6 Å². The molecule has 0 radical (unpaired) electrons. The first-order chi connectivity index (χ1) is 14.8. The van der Waals surface area contributed by atoms with Gasteiger partial charge in [0.15, 0.2) is 0 Å². The van der Waals surface area contributed by atoms with Gasteiger partial charge in [-0.2, -0.15) is 0 Å². The number of hydrogen-bond acceptors (Lipinski definition) is 2. The van der Waals surface area contributed by atoms with Gasteiger partial charge in [-0.25, -0.2) is 4.98 Å². The quantitative estimate of drug-likeness (QED) is 0.347. The molecule has 1 amide bonds. The summed E-state index contributed by atoms with van der Waals surface area (Å²) in [6, 6.07) is 17.9. The van der Waals surface area contributed by atoms with Gasteiger partial charge >= 0.3 is 0 Å². The molecular weight excluding hydrogens is 370 g/mol. The molecule has 0 aliphatic rings. The summed E-state index contributed by atoms with van der Waals surface area (Å²) in [5, 5.41) is 3.02. The molecular formula is C26H35N3O. The van der Waals surface area contributed by atoms with Crippen molar-refractivity contribution in [1.29, 1.82) is 0 Å². The number of unbranched alkanes of at least 4 members (excludes halogenated alkanes) is 6. The number of rotatable bonds is 13. The lowest BCUT2D eigenvalue weighted by Gasteiger charge is -2.10. The summed E-state index contributed by atoms with van der Waals surface area (Å²) < 4.78 is 2.43. The van der Waals surface area contributed by atoms with Gasteiger partial charge in [-0.1, -0.05) is 69.4 Å². The number of fused-ring (bicyclic) bond motifs is 1. The maximum atomic E-state index is 12.1. The molecule has 3 rings (SSSR count). The Balaban J connectivity index is 1.44. The average molecular weight is 406 g/mol. The van der Waals surface area contributed by atoms with Crippen molar-refractivity contribution in [2.75, 3.05) is 6.54 Å². The molecule has 0 bridgehead atoms. The lowest BCUT2D eigenvalue weighted by atomic mass is 10.1. The Bertz CT molecular complexity index is 901. The lowest BCUT2D eigenvalue weighted by Crippen LogP contribution is -2.24. The number of aromatic nitrogens is 2. The van der Waals surface area contributed by atoms with Gasteiger partial charge < -0.3 is 9.88 Å². The van der Waals surface area contributed by atoms with Crippen molar-refractivity contribution in [2.45, 2.75) is 71.3 Å². The number of amides is 1. The molecule has 4 nitrogen and oxygen atoms in total. The smallest absolute Gasteiger partial charge is 0.251 e. The third-order valence-corrected chi connectivity index (χ3v) is 5.62. The molecule has 30 heavy (non-hydrogen) atoms. The molecule has 0 unspecified atom stereocenters. The Morgan fingerprint density at radius 1 is 0.867 bits per heavy atom. The zero-order chi connectivity index (χ0) is 21.0. The van der Waals surface area contributed by atoms with Gasteiger partial charge in [0.25, 0.3) is 5.91 Å². The summed E-state index contributed by atoms with van der Waals surface area (Å²) in [5.41, 5.74) is 3.10. The van der Waals surface area contributed by atoms with Gasteiger partial charge in [-0.3, -0.25) is 4.79 Å². The van der Waals surface area contributed by atoms with Crippen LogP contribution in [0, 0.1) is 0 Å². The molecule has 3 aromatic rings. The van der Waals surface area contributed by atoms with E-state index in [1.54, 1.807) is 0 Å². The second-order valence-corrected chi connectivity index (χ2v) is 8.02. The molecule has 0 aliphatic heterocycles. The highest BCUT2D eigenvalue weighted by molar-refractivity contribution is 5.94. The normalized spacial score (nSPS) is 11.1. The van der Waals surface area contributed by atoms with Crippen molar-refractivity contribution in [3.63, 3.8) is 0 Å². The van der Waals surface area contributed by atoms with Crippen molar-refractivity contribution in [3.05, 3.63) is 66.0 Å². The number of benzene rings is 2. The molecule has 0 fully saturated rings. The monoisotopic (exact) mass is 405 g/mol. The van der Waals surface area contributed by atoms with E-state index in [2.05, 4.69) is 41.1 Å². The van der Waals surface area contributed by atoms with Crippen LogP contribution in [0.3, 0.4) is 0 Å². The minimum atomic E-state index is 0.0143. The van der Waals surface area contributed by atoms with E-state index in [-0.39, 0.29) is 5.91 Å². The largest absolute Gasteiger partial charge is 0.352 e. The van der Waals surface area contributed by atoms with Gasteiger partial charge in [0.1, 0.15) is 5.82 Å². The van der Waals surface area contributed by atoms with Gasteiger partial charge in [0.05, 0.1) is 11.0 Å². The number of nitrogens with zero attached hydrogens (tertiary/aromatic N) is 2. The van der Waals surface area contributed by atoms with E-state index in [4.69, 9.17) is 4.98 Å². The fraction of sp³-hybridized carbons (Fsp3) is 0.462. The molecule has 0 saturated carbocycles. The number of para-hydroxylation sites is 2. The molecule has 0 spiro atoms. The Labute approximate surface area is 180 Å². The zero-order valence-corrected chi connectivity index (χ0v) is 18.3. The number of nitrogens with one attached hydrogen (secondary N) is 1. The fourth-order valence-corrected chi connectivity index (χ4v) is 3.92. The number of carbonyl (C=O) groups is 1. The van der Waals surface area contributed by atoms with Crippen LogP contribution in [0.25, 0.3) is 11.0 Å². The maximum absolute atomic E-state index is 12.1. The number of carbonyl (C=O) groups excluding carboxylic acids is 1. The van der Waals surface area contributed by atoms with Crippen molar-refractivity contribution in [2.24, 2.45) is 0 Å². The van der Waals surface area contributed by atoms with E-state index in [0.717, 1.165) is 49.9 Å². The van der Waals surface area contributed by atoms with E-state index < -0.39 is 0 Å². The standard InChI is InChI=1S/C26H35N3O/c1-2-3-4-5-14-21-29-24-18-12-11-17-23(24)28-25(29)19-10-7-13-20-27-26(30)22-15-8-6-9-16-22/h6,8-9,11-12,15-18H,2-5,7,10,13-14,19-21H2,1H3,(H,27,30). The second-order valence-electron chi connectivity index (χ2n) is 8.02. The lowest BCUT2D eigenvalue weighted by molar-refractivity contribution is 0.0953. The average Bonchev–Trinajstić information content (AvgIpc) is 3.14. The predicted octanol–water partition coefficient (Wildman–Crippen LogP) is 6.15. The number of imidazole rings is 1. The van der Waals surface area contributed by atoms with E-state index >= 15 is 0 Å². The molecule has 0 saturated heterocycles. The van der Waals surface area contributed by atoms with Crippen molar-refractivity contribution >= 4 is 16.9 Å². The Morgan fingerprint density at radius 2 is 1.60 bits per heavy atom. The second kappa shape index (κ2) is 12.2. The summed E-state index contributed by atoms with van der Waals surface area (Å²) in [4.78, 5) is 17.0. The minimum absolute atomic E-state index is 0.0143. The molecule has 0 aliphatic carbocycles. The SMILES string of the molecule is CCCCCCCn1c(CCCCCNC(=O)c2ccccc2)nc2ccccc21. The summed E-state index contributed by atoms with van der Waals surface area (Å²) in [6.07, 6.45) is 10.6. The van der Waals surface area contributed by atoms with E-state index in [1.165, 1.54) is 43.4 Å². The number of aryl methyl sites for hydroxylation is 2. The van der Waals surface area contributed by atoms with Crippen LogP contribution in [0.1, 0.15) is 74.5 Å². The minimum Gasteiger partial charge on any atom is -0.352 e. The third kappa shape index (κ3) is 6.45. The van der Waals surface area contributed by atoms with E-state index in [0.29, 0.717) is 0 Å². The number of hydrogen-bond donors (Lipinski definition) is 1. The molecule has 1 N–H and O–H groups in total. The van der Waals surface area contributed by atoms with Gasteiger partial charge in [0.2, 0.25) is 0 Å². The highest BCUT2D eigenvalue weighted by Gasteiger charge is 2.10. The first-order valence-corrected chi connectivity index (χ1v) is 11.6. The predicted molar refractivity (Wildman–Crippen MR) is 125 cm³/mol. The van der Waals surface area contributed by atoms with E-state index in [1.807, 2.05) is 30.3 Å². The van der Waals surface area contributed by atoms with Crippen LogP contribution in [-0.4, -0.2) is 22.0 Å². The molecule has 1 aromatic heterocycles. The summed E-state index contributed by atoms with van der Waals surface area (Å²) in [7, 11) is 0. The maximum Gasteiger partial charge on any atom is 0.251 e. The molecule has 0 atom stereocenters. The van der Waals surface area contributed by atoms with Crippen LogP contribution in [0.2, 0.25) is 0 Å². The Morgan fingerprint density at radius 3 is 2.43 bits per heavy atom. The van der Waals surface area contributed by atoms with Crippen molar-refractivity contribution < 1.29 is 4.79 Å².